The van der Waals surface area contributed by atoms with Gasteiger partial charge in [-0.05, 0) is 56.8 Å². The molecule has 0 saturated carbocycles. The van der Waals surface area contributed by atoms with Crippen molar-refractivity contribution < 1.29 is 9.72 Å². The number of nitro groups is 1. The van der Waals surface area contributed by atoms with Crippen LogP contribution in [0.3, 0.4) is 0 Å². The minimum atomic E-state index is -0.563. The highest BCUT2D eigenvalue weighted by atomic mass is 16.6. The van der Waals surface area contributed by atoms with Crippen LogP contribution in [-0.4, -0.2) is 30.5 Å². The highest BCUT2D eigenvalue weighted by Gasteiger charge is 2.20. The number of rotatable bonds is 5. The average molecular weight is 306 g/mol. The summed E-state index contributed by atoms with van der Waals surface area (Å²) in [6.07, 6.45) is 3.23. The maximum absolute atomic E-state index is 12.2. The van der Waals surface area contributed by atoms with Gasteiger partial charge in [0.2, 0.25) is 0 Å². The molecule has 1 aliphatic heterocycles. The highest BCUT2D eigenvalue weighted by molar-refractivity contribution is 6.01. The van der Waals surface area contributed by atoms with E-state index in [9.17, 15) is 14.9 Å². The number of nitrogens with zero attached hydrogens (tertiary/aromatic N) is 1. The SMILES string of the molecule is Cc1cc(C(=O)NCCC2CCCNC2)c(N)c([N+](=O)[O-])c1. The molecule has 7 heteroatoms. The van der Waals surface area contributed by atoms with Gasteiger partial charge in [-0.15, -0.1) is 0 Å². The lowest BCUT2D eigenvalue weighted by Crippen LogP contribution is -2.33. The van der Waals surface area contributed by atoms with Gasteiger partial charge in [-0.25, -0.2) is 0 Å². The van der Waals surface area contributed by atoms with E-state index in [-0.39, 0.29) is 22.8 Å². The van der Waals surface area contributed by atoms with Gasteiger partial charge in [-0.1, -0.05) is 0 Å². The standard InChI is InChI=1S/C15H22N4O3/c1-10-7-12(14(16)13(8-10)19(21)22)15(20)18-6-4-11-3-2-5-17-9-11/h7-8,11,17H,2-6,9,16H2,1H3,(H,18,20). The normalized spacial score (nSPS) is 18.0. The number of anilines is 1. The molecule has 1 aromatic carbocycles. The average Bonchev–Trinajstić information content (AvgIpc) is 2.50. The first kappa shape index (κ1) is 16.2. The van der Waals surface area contributed by atoms with Crippen molar-refractivity contribution in [3.63, 3.8) is 0 Å². The van der Waals surface area contributed by atoms with Crippen LogP contribution in [0.2, 0.25) is 0 Å². The summed E-state index contributed by atoms with van der Waals surface area (Å²) in [7, 11) is 0. The Kier molecular flexibility index (Phi) is 5.32. The largest absolute Gasteiger partial charge is 0.393 e. The molecule has 0 spiro atoms. The van der Waals surface area contributed by atoms with Crippen LogP contribution in [0.15, 0.2) is 12.1 Å². The van der Waals surface area contributed by atoms with Crippen LogP contribution in [0.4, 0.5) is 11.4 Å². The number of piperidine rings is 1. The molecule has 0 radical (unpaired) electrons. The number of nitro benzene ring substituents is 1. The zero-order chi connectivity index (χ0) is 16.1. The van der Waals surface area contributed by atoms with E-state index in [1.165, 1.54) is 12.5 Å². The molecule has 1 atom stereocenters. The van der Waals surface area contributed by atoms with Gasteiger partial charge in [-0.2, -0.15) is 0 Å². The van der Waals surface area contributed by atoms with Gasteiger partial charge in [0.1, 0.15) is 5.69 Å². The number of carbonyl (C=O) groups is 1. The molecule has 1 aliphatic rings. The smallest absolute Gasteiger partial charge is 0.293 e. The summed E-state index contributed by atoms with van der Waals surface area (Å²) in [6.45, 7) is 4.30. The van der Waals surface area contributed by atoms with Gasteiger partial charge in [0.05, 0.1) is 10.5 Å². The summed E-state index contributed by atoms with van der Waals surface area (Å²) in [6, 6.07) is 2.96. The highest BCUT2D eigenvalue weighted by Crippen LogP contribution is 2.27. The summed E-state index contributed by atoms with van der Waals surface area (Å²) in [4.78, 5) is 22.6. The van der Waals surface area contributed by atoms with Crippen LogP contribution >= 0.6 is 0 Å². The van der Waals surface area contributed by atoms with Crippen LogP contribution in [0.5, 0.6) is 0 Å². The van der Waals surface area contributed by atoms with Crippen LogP contribution in [0.1, 0.15) is 35.2 Å². The van der Waals surface area contributed by atoms with Gasteiger partial charge in [0, 0.05) is 12.6 Å². The van der Waals surface area contributed by atoms with Crippen LogP contribution in [0, 0.1) is 23.0 Å². The van der Waals surface area contributed by atoms with Crippen molar-refractivity contribution in [1.29, 1.82) is 0 Å². The number of nitrogens with two attached hydrogens (primary N) is 1. The molecule has 2 rings (SSSR count). The maximum Gasteiger partial charge on any atom is 0.293 e. The fourth-order valence-electron chi connectivity index (χ4n) is 2.77. The number of carbonyl (C=O) groups excluding carboxylic acids is 1. The molecule has 1 unspecified atom stereocenters. The second-order valence-electron chi connectivity index (χ2n) is 5.76. The zero-order valence-electron chi connectivity index (χ0n) is 12.7. The van der Waals surface area contributed by atoms with Gasteiger partial charge in [0.25, 0.3) is 11.6 Å². The molecule has 1 fully saturated rings. The maximum atomic E-state index is 12.2. The summed E-state index contributed by atoms with van der Waals surface area (Å²) in [5.74, 6) is 0.214. The number of benzene rings is 1. The minimum Gasteiger partial charge on any atom is -0.393 e. The van der Waals surface area contributed by atoms with E-state index in [1.807, 2.05) is 0 Å². The molecule has 120 valence electrons. The number of nitrogens with one attached hydrogen (secondary N) is 2. The van der Waals surface area contributed by atoms with E-state index in [2.05, 4.69) is 10.6 Å². The predicted octanol–water partition coefficient (Wildman–Crippen LogP) is 1.60. The lowest BCUT2D eigenvalue weighted by molar-refractivity contribution is -0.384. The Morgan fingerprint density at radius 1 is 1.55 bits per heavy atom. The van der Waals surface area contributed by atoms with E-state index in [0.717, 1.165) is 25.9 Å². The number of amides is 1. The third-order valence-electron chi connectivity index (χ3n) is 3.98. The van der Waals surface area contributed by atoms with Gasteiger partial charge >= 0.3 is 0 Å². The van der Waals surface area contributed by atoms with Crippen molar-refractivity contribution in [2.75, 3.05) is 25.4 Å². The monoisotopic (exact) mass is 306 g/mol. The molecule has 0 aromatic heterocycles. The van der Waals surface area contributed by atoms with Crippen molar-refractivity contribution in [1.82, 2.24) is 10.6 Å². The first-order chi connectivity index (χ1) is 10.5. The molecule has 1 heterocycles. The summed E-state index contributed by atoms with van der Waals surface area (Å²) < 4.78 is 0. The third kappa shape index (κ3) is 3.94. The third-order valence-corrected chi connectivity index (χ3v) is 3.98. The van der Waals surface area contributed by atoms with E-state index in [0.29, 0.717) is 18.0 Å². The molecule has 0 aliphatic carbocycles. The van der Waals surface area contributed by atoms with E-state index in [4.69, 9.17) is 5.73 Å². The Balaban J connectivity index is 1.98. The van der Waals surface area contributed by atoms with E-state index < -0.39 is 4.92 Å². The Morgan fingerprint density at radius 3 is 2.95 bits per heavy atom. The molecular formula is C15H22N4O3. The van der Waals surface area contributed by atoms with E-state index in [1.54, 1.807) is 13.0 Å². The Hall–Kier alpha value is -2.15. The number of nitrogen functional groups attached to an aromatic ring is 1. The first-order valence-electron chi connectivity index (χ1n) is 7.52. The predicted molar refractivity (Wildman–Crippen MR) is 84.8 cm³/mol. The fourth-order valence-corrected chi connectivity index (χ4v) is 2.77. The lowest BCUT2D eigenvalue weighted by atomic mass is 9.96. The molecule has 7 nitrogen and oxygen atoms in total. The second-order valence-corrected chi connectivity index (χ2v) is 5.76. The molecule has 1 saturated heterocycles. The fraction of sp³-hybridized carbons (Fsp3) is 0.533. The van der Waals surface area contributed by atoms with Gasteiger partial charge in [0.15, 0.2) is 0 Å². The Morgan fingerprint density at radius 2 is 2.32 bits per heavy atom. The lowest BCUT2D eigenvalue weighted by Gasteiger charge is -2.22. The molecule has 1 aromatic rings. The quantitative estimate of drug-likeness (QED) is 0.435. The van der Waals surface area contributed by atoms with Crippen LogP contribution < -0.4 is 16.4 Å². The summed E-state index contributed by atoms with van der Waals surface area (Å²) in [5, 5.41) is 17.1. The number of aryl methyl sites for hydroxylation is 1. The molecule has 22 heavy (non-hydrogen) atoms. The van der Waals surface area contributed by atoms with Gasteiger partial charge < -0.3 is 16.4 Å². The number of hydrogen-bond donors (Lipinski definition) is 3. The van der Waals surface area contributed by atoms with Crippen molar-refractivity contribution >= 4 is 17.3 Å². The molecule has 1 amide bonds. The molecule has 4 N–H and O–H groups in total. The van der Waals surface area contributed by atoms with Crippen molar-refractivity contribution in [3.05, 3.63) is 33.4 Å². The first-order valence-corrected chi connectivity index (χ1v) is 7.52. The molecular weight excluding hydrogens is 284 g/mol. The van der Waals surface area contributed by atoms with Crippen LogP contribution in [-0.2, 0) is 0 Å². The van der Waals surface area contributed by atoms with Crippen molar-refractivity contribution in [2.45, 2.75) is 26.2 Å². The Bertz CT molecular complexity index is 568. The minimum absolute atomic E-state index is 0.0765. The zero-order valence-corrected chi connectivity index (χ0v) is 12.7. The summed E-state index contributed by atoms with van der Waals surface area (Å²) in [5.41, 5.74) is 6.27. The Labute approximate surface area is 129 Å². The van der Waals surface area contributed by atoms with Gasteiger partial charge in [-0.3, -0.25) is 14.9 Å². The van der Waals surface area contributed by atoms with Crippen molar-refractivity contribution in [3.8, 4) is 0 Å². The topological polar surface area (TPSA) is 110 Å². The summed E-state index contributed by atoms with van der Waals surface area (Å²) >= 11 is 0. The van der Waals surface area contributed by atoms with E-state index >= 15 is 0 Å². The second kappa shape index (κ2) is 7.22. The molecule has 0 bridgehead atoms. The van der Waals surface area contributed by atoms with Crippen LogP contribution in [0.25, 0.3) is 0 Å². The number of hydrogen-bond acceptors (Lipinski definition) is 5. The van der Waals surface area contributed by atoms with Crippen molar-refractivity contribution in [2.24, 2.45) is 5.92 Å².